The van der Waals surface area contributed by atoms with E-state index in [1.807, 2.05) is 12.4 Å². The van der Waals surface area contributed by atoms with Gasteiger partial charge in [-0.25, -0.2) is 0 Å². The minimum Gasteiger partial charge on any atom is -0.308 e. The average molecular weight is 579 g/mol. The van der Waals surface area contributed by atoms with Crippen LogP contribution in [0.4, 0.5) is 0 Å². The van der Waals surface area contributed by atoms with E-state index >= 15 is 0 Å². The van der Waals surface area contributed by atoms with Crippen molar-refractivity contribution in [2.75, 3.05) is 0 Å². The SMILES string of the molecule is c1ccc(-c2cccc([Si](c3ccccc3)(c3ccccc3)c3ccc4c5ccncc5n(-c5ccccc5)c4c3)c2)cc1. The summed E-state index contributed by atoms with van der Waals surface area (Å²) in [6.45, 7) is 0. The number of hydrogen-bond donors (Lipinski definition) is 0. The first-order valence-electron chi connectivity index (χ1n) is 15.1. The van der Waals surface area contributed by atoms with Crippen molar-refractivity contribution < 1.29 is 0 Å². The molecule has 0 bridgehead atoms. The highest BCUT2D eigenvalue weighted by Gasteiger charge is 2.42. The van der Waals surface area contributed by atoms with E-state index in [9.17, 15) is 0 Å². The molecule has 0 aliphatic heterocycles. The average Bonchev–Trinajstić information content (AvgIpc) is 3.44. The Labute approximate surface area is 258 Å². The standard InChI is InChI=1S/C41H30N2Si/c1-5-14-31(15-6-1)32-16-13-23-36(28-32)44(34-19-9-3-10-20-34,35-21-11-4-12-22-35)37-24-25-38-39-26-27-42-30-41(39)43(40(38)29-37)33-17-7-2-8-18-33/h1-30H. The Balaban J connectivity index is 1.50. The van der Waals surface area contributed by atoms with Crippen molar-refractivity contribution in [3.63, 3.8) is 0 Å². The molecule has 8 aromatic rings. The normalized spacial score (nSPS) is 11.6. The molecule has 208 valence electrons. The van der Waals surface area contributed by atoms with Gasteiger partial charge in [-0.05, 0) is 56.1 Å². The van der Waals surface area contributed by atoms with Crippen LogP contribution < -0.4 is 20.7 Å². The molecule has 0 unspecified atom stereocenters. The summed E-state index contributed by atoms with van der Waals surface area (Å²) >= 11 is 0. The van der Waals surface area contributed by atoms with E-state index in [1.165, 1.54) is 48.2 Å². The van der Waals surface area contributed by atoms with Gasteiger partial charge in [0.05, 0.1) is 17.2 Å². The van der Waals surface area contributed by atoms with Gasteiger partial charge in [0.15, 0.2) is 8.07 Å². The van der Waals surface area contributed by atoms with Gasteiger partial charge in [0.2, 0.25) is 0 Å². The molecule has 0 aliphatic carbocycles. The minimum atomic E-state index is -2.78. The van der Waals surface area contributed by atoms with Crippen LogP contribution in [0.2, 0.25) is 0 Å². The van der Waals surface area contributed by atoms with Crippen LogP contribution in [-0.4, -0.2) is 17.6 Å². The van der Waals surface area contributed by atoms with Crippen molar-refractivity contribution in [3.8, 4) is 16.8 Å². The Bertz CT molecular complexity index is 2170. The van der Waals surface area contributed by atoms with Crippen LogP contribution in [0.1, 0.15) is 0 Å². The topological polar surface area (TPSA) is 17.8 Å². The second-order valence-electron chi connectivity index (χ2n) is 11.2. The van der Waals surface area contributed by atoms with Crippen LogP contribution in [0.5, 0.6) is 0 Å². The van der Waals surface area contributed by atoms with Gasteiger partial charge in [-0.2, -0.15) is 0 Å². The fraction of sp³-hybridized carbons (Fsp3) is 0. The van der Waals surface area contributed by atoms with Gasteiger partial charge in [-0.3, -0.25) is 4.98 Å². The Kier molecular flexibility index (Phi) is 6.51. The third-order valence-electron chi connectivity index (χ3n) is 8.83. The Morgan fingerprint density at radius 1 is 0.409 bits per heavy atom. The highest BCUT2D eigenvalue weighted by molar-refractivity contribution is 7.20. The monoisotopic (exact) mass is 578 g/mol. The van der Waals surface area contributed by atoms with Gasteiger partial charge in [0.1, 0.15) is 0 Å². The maximum absolute atomic E-state index is 4.53. The van der Waals surface area contributed by atoms with Crippen LogP contribution >= 0.6 is 0 Å². The highest BCUT2D eigenvalue weighted by atomic mass is 28.3. The quantitative estimate of drug-likeness (QED) is 0.150. The molecule has 44 heavy (non-hydrogen) atoms. The molecular formula is C41H30N2Si. The van der Waals surface area contributed by atoms with Crippen LogP contribution in [0.3, 0.4) is 0 Å². The van der Waals surface area contributed by atoms with Gasteiger partial charge in [-0.15, -0.1) is 0 Å². The van der Waals surface area contributed by atoms with E-state index in [2.05, 4.69) is 179 Å². The van der Waals surface area contributed by atoms with E-state index in [0.717, 1.165) is 11.2 Å². The summed E-state index contributed by atoms with van der Waals surface area (Å²) in [4.78, 5) is 4.53. The molecule has 2 nitrogen and oxygen atoms in total. The lowest BCUT2D eigenvalue weighted by molar-refractivity contribution is 1.17. The van der Waals surface area contributed by atoms with Gasteiger partial charge in [-0.1, -0.05) is 146 Å². The summed E-state index contributed by atoms with van der Waals surface area (Å²) < 4.78 is 2.37. The number of rotatable bonds is 6. The van der Waals surface area contributed by atoms with Crippen molar-refractivity contribution in [1.82, 2.24) is 9.55 Å². The van der Waals surface area contributed by atoms with E-state index in [1.54, 1.807) is 0 Å². The molecule has 0 amide bonds. The van der Waals surface area contributed by atoms with Gasteiger partial charge < -0.3 is 4.57 Å². The number of hydrogen-bond acceptors (Lipinski definition) is 1. The molecule has 2 heterocycles. The first-order valence-corrected chi connectivity index (χ1v) is 17.1. The first-order chi connectivity index (χ1) is 21.8. The third kappa shape index (κ3) is 4.21. The number of nitrogens with zero attached hydrogens (tertiary/aromatic N) is 2. The Hall–Kier alpha value is -5.51. The van der Waals surface area contributed by atoms with E-state index in [4.69, 9.17) is 0 Å². The molecule has 6 aromatic carbocycles. The largest absolute Gasteiger partial charge is 0.308 e. The minimum absolute atomic E-state index is 1.11. The number of aromatic nitrogens is 2. The third-order valence-corrected chi connectivity index (χ3v) is 13.6. The van der Waals surface area contributed by atoms with Crippen LogP contribution in [-0.2, 0) is 0 Å². The molecule has 8 rings (SSSR count). The highest BCUT2D eigenvalue weighted by Crippen LogP contribution is 2.31. The molecule has 0 fully saturated rings. The predicted molar refractivity (Wildman–Crippen MR) is 188 cm³/mol. The predicted octanol–water partition coefficient (Wildman–Crippen LogP) is 7.22. The Morgan fingerprint density at radius 2 is 0.955 bits per heavy atom. The second kappa shape index (κ2) is 11.0. The summed E-state index contributed by atoms with van der Waals surface area (Å²) in [5.74, 6) is 0. The van der Waals surface area contributed by atoms with Crippen molar-refractivity contribution in [2.45, 2.75) is 0 Å². The first kappa shape index (κ1) is 26.1. The van der Waals surface area contributed by atoms with Crippen molar-refractivity contribution in [3.05, 3.63) is 182 Å². The molecule has 3 heteroatoms. The lowest BCUT2D eigenvalue weighted by Gasteiger charge is -2.35. The fourth-order valence-corrected chi connectivity index (χ4v) is 11.7. The zero-order valence-electron chi connectivity index (χ0n) is 24.2. The van der Waals surface area contributed by atoms with Crippen molar-refractivity contribution in [2.24, 2.45) is 0 Å². The smallest absolute Gasteiger partial charge is 0.179 e. The number of para-hydroxylation sites is 1. The van der Waals surface area contributed by atoms with E-state index in [-0.39, 0.29) is 0 Å². The van der Waals surface area contributed by atoms with Crippen molar-refractivity contribution in [1.29, 1.82) is 0 Å². The zero-order valence-corrected chi connectivity index (χ0v) is 25.2. The van der Waals surface area contributed by atoms with E-state index < -0.39 is 8.07 Å². The number of fused-ring (bicyclic) bond motifs is 3. The maximum atomic E-state index is 4.53. The molecule has 0 radical (unpaired) electrons. The molecule has 0 saturated heterocycles. The summed E-state index contributed by atoms with van der Waals surface area (Å²) in [7, 11) is -2.78. The molecule has 0 spiro atoms. The summed E-state index contributed by atoms with van der Waals surface area (Å²) in [5.41, 5.74) is 5.90. The summed E-state index contributed by atoms with van der Waals surface area (Å²) in [6, 6.07) is 62.2. The lowest BCUT2D eigenvalue weighted by atomic mass is 10.1. The van der Waals surface area contributed by atoms with Gasteiger partial charge >= 0.3 is 0 Å². The molecular weight excluding hydrogens is 549 g/mol. The lowest BCUT2D eigenvalue weighted by Crippen LogP contribution is -2.74. The van der Waals surface area contributed by atoms with Crippen molar-refractivity contribution >= 4 is 50.6 Å². The second-order valence-corrected chi connectivity index (χ2v) is 15.0. The fourth-order valence-electron chi connectivity index (χ4n) is 6.89. The van der Waals surface area contributed by atoms with Crippen LogP contribution in [0.25, 0.3) is 38.6 Å². The Morgan fingerprint density at radius 3 is 1.64 bits per heavy atom. The molecule has 0 aliphatic rings. The van der Waals surface area contributed by atoms with Gasteiger partial charge in [0, 0.05) is 22.7 Å². The molecule has 0 atom stereocenters. The number of pyridine rings is 1. The summed E-state index contributed by atoms with van der Waals surface area (Å²) in [6.07, 6.45) is 3.89. The molecule has 2 aromatic heterocycles. The van der Waals surface area contributed by atoms with Crippen LogP contribution in [0, 0.1) is 0 Å². The number of benzene rings is 6. The molecule has 0 N–H and O–H groups in total. The van der Waals surface area contributed by atoms with E-state index in [0.29, 0.717) is 0 Å². The maximum Gasteiger partial charge on any atom is 0.179 e. The summed E-state index contributed by atoms with van der Waals surface area (Å²) in [5, 5.41) is 7.88. The van der Waals surface area contributed by atoms with Crippen LogP contribution in [0.15, 0.2) is 182 Å². The zero-order chi connectivity index (χ0) is 29.3. The van der Waals surface area contributed by atoms with Gasteiger partial charge in [0.25, 0.3) is 0 Å². The molecule has 0 saturated carbocycles.